The van der Waals surface area contributed by atoms with Gasteiger partial charge < -0.3 is 18.9 Å². The standard InChI is InChI=1S/C50H96NO8P/c1-6-8-10-12-14-16-18-20-22-24-26-28-30-32-34-36-38-40-42-49(52)56-46-48(47-58-60(54,55)57-45-44-51(3,4)5)59-50(53)43-41-39-37-35-33-31-29-27-25-23-21-19-17-15-13-11-9-7-2/h22-25,48H,6-21,26-47H2,1-5H3/p+1/b24-22-,25-23-. The van der Waals surface area contributed by atoms with E-state index in [0.717, 1.165) is 44.9 Å². The first-order valence-electron chi connectivity index (χ1n) is 25.1. The van der Waals surface area contributed by atoms with Gasteiger partial charge in [-0.3, -0.25) is 18.6 Å². The van der Waals surface area contributed by atoms with Crippen molar-refractivity contribution in [1.29, 1.82) is 0 Å². The third-order valence-corrected chi connectivity index (χ3v) is 11.9. The predicted molar refractivity (Wildman–Crippen MR) is 252 cm³/mol. The summed E-state index contributed by atoms with van der Waals surface area (Å²) in [7, 11) is 1.48. The summed E-state index contributed by atoms with van der Waals surface area (Å²) in [6.07, 6.45) is 47.9. The molecule has 0 aromatic carbocycles. The lowest BCUT2D eigenvalue weighted by atomic mass is 10.1. The number of ether oxygens (including phenoxy) is 2. The van der Waals surface area contributed by atoms with Crippen LogP contribution in [-0.2, 0) is 32.7 Å². The molecule has 60 heavy (non-hydrogen) atoms. The van der Waals surface area contributed by atoms with Gasteiger partial charge in [0.25, 0.3) is 0 Å². The molecule has 0 saturated carbocycles. The molecular weight excluding hydrogens is 774 g/mol. The molecule has 0 radical (unpaired) electrons. The van der Waals surface area contributed by atoms with E-state index in [4.69, 9.17) is 18.5 Å². The molecule has 2 unspecified atom stereocenters. The number of esters is 2. The average molecular weight is 871 g/mol. The maximum Gasteiger partial charge on any atom is 0.472 e. The first-order chi connectivity index (χ1) is 29.0. The van der Waals surface area contributed by atoms with Crippen LogP contribution in [0.5, 0.6) is 0 Å². The highest BCUT2D eigenvalue weighted by Crippen LogP contribution is 2.43. The fraction of sp³-hybridized carbons (Fsp3) is 0.880. The number of allylic oxidation sites excluding steroid dienone is 4. The quantitative estimate of drug-likeness (QED) is 0.0212. The maximum atomic E-state index is 12.7. The summed E-state index contributed by atoms with van der Waals surface area (Å²) in [5, 5.41) is 0. The largest absolute Gasteiger partial charge is 0.472 e. The summed E-state index contributed by atoms with van der Waals surface area (Å²) in [5.41, 5.74) is 0. The number of hydrogen-bond donors (Lipinski definition) is 1. The zero-order valence-corrected chi connectivity index (χ0v) is 40.9. The van der Waals surface area contributed by atoms with Gasteiger partial charge in [0.15, 0.2) is 6.10 Å². The number of hydrogen-bond acceptors (Lipinski definition) is 7. The van der Waals surface area contributed by atoms with Crippen LogP contribution in [0.25, 0.3) is 0 Å². The summed E-state index contributed by atoms with van der Waals surface area (Å²) in [6.45, 7) is 4.44. The second-order valence-corrected chi connectivity index (χ2v) is 19.6. The Balaban J connectivity index is 4.27. The third kappa shape index (κ3) is 46.0. The minimum atomic E-state index is -4.38. The van der Waals surface area contributed by atoms with Gasteiger partial charge >= 0.3 is 19.8 Å². The topological polar surface area (TPSA) is 108 Å². The van der Waals surface area contributed by atoms with E-state index in [1.54, 1.807) is 0 Å². The van der Waals surface area contributed by atoms with E-state index in [1.165, 1.54) is 154 Å². The first kappa shape index (κ1) is 58.5. The zero-order valence-electron chi connectivity index (χ0n) is 40.0. The highest BCUT2D eigenvalue weighted by Gasteiger charge is 2.27. The van der Waals surface area contributed by atoms with Crippen molar-refractivity contribution in [2.24, 2.45) is 0 Å². The van der Waals surface area contributed by atoms with E-state index in [1.807, 2.05) is 21.1 Å². The maximum absolute atomic E-state index is 12.7. The van der Waals surface area contributed by atoms with Crippen molar-refractivity contribution in [3.05, 3.63) is 24.3 Å². The minimum Gasteiger partial charge on any atom is -0.462 e. The van der Waals surface area contributed by atoms with E-state index in [0.29, 0.717) is 17.4 Å². The number of quaternary nitrogens is 1. The number of carbonyl (C=O) groups excluding carboxylic acids is 2. The van der Waals surface area contributed by atoms with Crippen LogP contribution in [0.3, 0.4) is 0 Å². The van der Waals surface area contributed by atoms with Gasteiger partial charge in [0.1, 0.15) is 19.8 Å². The summed E-state index contributed by atoms with van der Waals surface area (Å²) in [6, 6.07) is 0. The van der Waals surface area contributed by atoms with Gasteiger partial charge in [0, 0.05) is 12.8 Å². The molecule has 0 aromatic rings. The smallest absolute Gasteiger partial charge is 0.462 e. The molecule has 0 bridgehead atoms. The second kappa shape index (κ2) is 42.8. The van der Waals surface area contributed by atoms with E-state index in [-0.39, 0.29) is 32.0 Å². The molecule has 9 nitrogen and oxygen atoms in total. The summed E-state index contributed by atoms with van der Waals surface area (Å²) in [5.74, 6) is -0.800. The number of nitrogens with zero attached hydrogens (tertiary/aromatic N) is 1. The van der Waals surface area contributed by atoms with Crippen molar-refractivity contribution in [3.8, 4) is 0 Å². The van der Waals surface area contributed by atoms with Gasteiger partial charge in [-0.1, -0.05) is 179 Å². The average Bonchev–Trinajstić information content (AvgIpc) is 3.20. The molecule has 0 aliphatic rings. The molecule has 0 fully saturated rings. The molecule has 0 heterocycles. The van der Waals surface area contributed by atoms with Crippen molar-refractivity contribution >= 4 is 19.8 Å². The predicted octanol–water partition coefficient (Wildman–Crippen LogP) is 14.7. The lowest BCUT2D eigenvalue weighted by Crippen LogP contribution is -2.37. The van der Waals surface area contributed by atoms with E-state index in [9.17, 15) is 19.0 Å². The highest BCUT2D eigenvalue weighted by atomic mass is 31.2. The molecule has 0 aliphatic carbocycles. The Hall–Kier alpha value is -1.51. The molecule has 1 N–H and O–H groups in total. The fourth-order valence-corrected chi connectivity index (χ4v) is 7.75. The van der Waals surface area contributed by atoms with Crippen LogP contribution in [0.1, 0.15) is 232 Å². The molecule has 0 aromatic heterocycles. The Morgan fingerprint density at radius 2 is 0.850 bits per heavy atom. The van der Waals surface area contributed by atoms with Crippen molar-refractivity contribution in [2.75, 3.05) is 47.5 Å². The fourth-order valence-electron chi connectivity index (χ4n) is 7.00. The third-order valence-electron chi connectivity index (χ3n) is 11.0. The number of carbonyl (C=O) groups is 2. The van der Waals surface area contributed by atoms with Crippen LogP contribution >= 0.6 is 7.82 Å². The van der Waals surface area contributed by atoms with Crippen LogP contribution in [0.2, 0.25) is 0 Å². The molecule has 0 amide bonds. The number of likely N-dealkylation sites (N-methyl/N-ethyl adjacent to an activating group) is 1. The molecule has 10 heteroatoms. The summed E-state index contributed by atoms with van der Waals surface area (Å²) in [4.78, 5) is 35.5. The Kier molecular flexibility index (Phi) is 41.7. The number of rotatable bonds is 46. The number of phosphoric ester groups is 1. The SMILES string of the molecule is CCCCCCCCC/C=C\CCCCCCCCCC(=O)OCC(COP(=O)(O)OCC[N+](C)(C)C)OC(=O)CCCCCCCCC/C=C\CCCCCCCCC. The Labute approximate surface area is 370 Å². The van der Waals surface area contributed by atoms with Crippen LogP contribution in [0, 0.1) is 0 Å². The van der Waals surface area contributed by atoms with Gasteiger partial charge in [-0.05, 0) is 64.2 Å². The Bertz CT molecular complexity index is 1070. The van der Waals surface area contributed by atoms with Crippen molar-refractivity contribution in [2.45, 2.75) is 238 Å². The molecule has 0 saturated heterocycles. The van der Waals surface area contributed by atoms with E-state index >= 15 is 0 Å². The number of phosphoric acid groups is 1. The van der Waals surface area contributed by atoms with Gasteiger partial charge in [0.2, 0.25) is 0 Å². The lowest BCUT2D eigenvalue weighted by molar-refractivity contribution is -0.870. The Morgan fingerprint density at radius 1 is 0.500 bits per heavy atom. The van der Waals surface area contributed by atoms with E-state index < -0.39 is 26.5 Å². The van der Waals surface area contributed by atoms with E-state index in [2.05, 4.69) is 38.2 Å². The highest BCUT2D eigenvalue weighted by molar-refractivity contribution is 7.47. The van der Waals surface area contributed by atoms with Crippen molar-refractivity contribution in [3.63, 3.8) is 0 Å². The monoisotopic (exact) mass is 871 g/mol. The molecule has 0 aliphatic heterocycles. The minimum absolute atomic E-state index is 0.0316. The van der Waals surface area contributed by atoms with Gasteiger partial charge in [0.05, 0.1) is 27.7 Å². The second-order valence-electron chi connectivity index (χ2n) is 18.2. The normalized spacial score (nSPS) is 13.6. The summed E-state index contributed by atoms with van der Waals surface area (Å²) < 4.78 is 34.4. The molecule has 0 rings (SSSR count). The number of unbranched alkanes of at least 4 members (excludes halogenated alkanes) is 28. The van der Waals surface area contributed by atoms with Crippen LogP contribution in [0.15, 0.2) is 24.3 Å². The lowest BCUT2D eigenvalue weighted by Gasteiger charge is -2.24. The van der Waals surface area contributed by atoms with Gasteiger partial charge in [-0.25, -0.2) is 4.57 Å². The van der Waals surface area contributed by atoms with Gasteiger partial charge in [-0.2, -0.15) is 0 Å². The molecule has 0 spiro atoms. The van der Waals surface area contributed by atoms with Crippen molar-refractivity contribution < 1.29 is 42.1 Å². The molecule has 354 valence electrons. The Morgan fingerprint density at radius 3 is 1.23 bits per heavy atom. The molecular formula is C50H97NO8P+. The van der Waals surface area contributed by atoms with Crippen molar-refractivity contribution in [1.82, 2.24) is 0 Å². The van der Waals surface area contributed by atoms with Crippen LogP contribution in [0.4, 0.5) is 0 Å². The van der Waals surface area contributed by atoms with Crippen LogP contribution < -0.4 is 0 Å². The van der Waals surface area contributed by atoms with Gasteiger partial charge in [-0.15, -0.1) is 0 Å². The summed E-state index contributed by atoms with van der Waals surface area (Å²) >= 11 is 0. The first-order valence-corrected chi connectivity index (χ1v) is 26.6. The van der Waals surface area contributed by atoms with Crippen LogP contribution in [-0.4, -0.2) is 74.9 Å². The molecule has 2 atom stereocenters. The zero-order chi connectivity index (χ0) is 44.3.